The van der Waals surface area contributed by atoms with Gasteiger partial charge in [0.2, 0.25) is 0 Å². The van der Waals surface area contributed by atoms with E-state index < -0.39 is 22.1 Å². The standard InChI is InChI=1S/C7H14N2O4S/c1-8-14(12,13)9-6-3-2-5(4-6)7(10)11/h5-6,8-9H,2-4H2,1H3,(H,10,11)/t5-,6+/m1/s1. The van der Waals surface area contributed by atoms with Crippen molar-refractivity contribution in [1.82, 2.24) is 9.44 Å². The first-order chi connectivity index (χ1) is 6.44. The number of hydrogen-bond donors (Lipinski definition) is 3. The van der Waals surface area contributed by atoms with E-state index in [1.54, 1.807) is 0 Å². The predicted octanol–water partition coefficient (Wildman–Crippen LogP) is -0.707. The minimum atomic E-state index is -3.44. The zero-order valence-corrected chi connectivity index (χ0v) is 8.67. The van der Waals surface area contributed by atoms with Crippen molar-refractivity contribution in [2.45, 2.75) is 25.3 Å². The van der Waals surface area contributed by atoms with Crippen molar-refractivity contribution >= 4 is 16.2 Å². The van der Waals surface area contributed by atoms with Gasteiger partial charge >= 0.3 is 5.97 Å². The molecule has 3 N–H and O–H groups in total. The third kappa shape index (κ3) is 2.93. The van der Waals surface area contributed by atoms with Crippen LogP contribution in [-0.4, -0.2) is 32.6 Å². The maximum absolute atomic E-state index is 11.1. The maximum Gasteiger partial charge on any atom is 0.306 e. The van der Waals surface area contributed by atoms with E-state index in [4.69, 9.17) is 5.11 Å². The van der Waals surface area contributed by atoms with Crippen LogP contribution in [0, 0.1) is 5.92 Å². The number of carbonyl (C=O) groups is 1. The van der Waals surface area contributed by atoms with Gasteiger partial charge < -0.3 is 5.11 Å². The van der Waals surface area contributed by atoms with Crippen molar-refractivity contribution in [3.63, 3.8) is 0 Å². The van der Waals surface area contributed by atoms with Crippen molar-refractivity contribution in [2.75, 3.05) is 7.05 Å². The Hall–Kier alpha value is -0.660. The minimum Gasteiger partial charge on any atom is -0.481 e. The van der Waals surface area contributed by atoms with Crippen LogP contribution in [0.5, 0.6) is 0 Å². The van der Waals surface area contributed by atoms with E-state index in [0.29, 0.717) is 19.3 Å². The van der Waals surface area contributed by atoms with Crippen molar-refractivity contribution in [2.24, 2.45) is 5.92 Å². The van der Waals surface area contributed by atoms with Gasteiger partial charge in [-0.1, -0.05) is 0 Å². The number of rotatable bonds is 4. The first-order valence-corrected chi connectivity index (χ1v) is 5.86. The Morgan fingerprint density at radius 3 is 2.50 bits per heavy atom. The Labute approximate surface area is 82.9 Å². The molecule has 0 aliphatic heterocycles. The molecule has 0 aromatic heterocycles. The fraction of sp³-hybridized carbons (Fsp3) is 0.857. The molecule has 0 amide bonds. The van der Waals surface area contributed by atoms with Crippen LogP contribution in [0.1, 0.15) is 19.3 Å². The van der Waals surface area contributed by atoms with Crippen LogP contribution in [0.3, 0.4) is 0 Å². The molecule has 1 saturated carbocycles. The molecule has 0 unspecified atom stereocenters. The first-order valence-electron chi connectivity index (χ1n) is 4.38. The molecule has 0 spiro atoms. The van der Waals surface area contributed by atoms with Gasteiger partial charge in [-0.05, 0) is 19.3 Å². The van der Waals surface area contributed by atoms with Gasteiger partial charge in [-0.25, -0.2) is 4.72 Å². The molecule has 0 aromatic carbocycles. The van der Waals surface area contributed by atoms with Crippen LogP contribution in [0.25, 0.3) is 0 Å². The maximum atomic E-state index is 11.1. The number of nitrogens with one attached hydrogen (secondary N) is 2. The highest BCUT2D eigenvalue weighted by Crippen LogP contribution is 2.25. The molecule has 1 aliphatic carbocycles. The molecule has 0 saturated heterocycles. The fourth-order valence-electron chi connectivity index (χ4n) is 1.59. The SMILES string of the molecule is CNS(=O)(=O)N[C@H]1CC[C@@H](C(=O)O)C1. The van der Waals surface area contributed by atoms with Crippen LogP contribution in [0.2, 0.25) is 0 Å². The summed E-state index contributed by atoms with van der Waals surface area (Å²) in [6.45, 7) is 0. The average molecular weight is 222 g/mol. The fourth-order valence-corrected chi connectivity index (χ4v) is 2.36. The van der Waals surface area contributed by atoms with E-state index in [1.165, 1.54) is 7.05 Å². The van der Waals surface area contributed by atoms with Gasteiger partial charge in [-0.3, -0.25) is 4.79 Å². The predicted molar refractivity (Wildman–Crippen MR) is 49.9 cm³/mol. The molecule has 0 heterocycles. The van der Waals surface area contributed by atoms with Gasteiger partial charge in [0, 0.05) is 13.1 Å². The summed E-state index contributed by atoms with van der Waals surface area (Å²) in [5.41, 5.74) is 0. The molecule has 6 nitrogen and oxygen atoms in total. The average Bonchev–Trinajstić information content (AvgIpc) is 2.52. The van der Waals surface area contributed by atoms with Gasteiger partial charge in [0.15, 0.2) is 0 Å². The molecule has 1 rings (SSSR count). The minimum absolute atomic E-state index is 0.256. The molecule has 82 valence electrons. The summed E-state index contributed by atoms with van der Waals surface area (Å²) in [4.78, 5) is 10.6. The Morgan fingerprint density at radius 2 is 2.07 bits per heavy atom. The second-order valence-electron chi connectivity index (χ2n) is 3.37. The summed E-state index contributed by atoms with van der Waals surface area (Å²) < 4.78 is 26.6. The molecule has 7 heteroatoms. The zero-order chi connectivity index (χ0) is 10.8. The van der Waals surface area contributed by atoms with E-state index >= 15 is 0 Å². The number of aliphatic carboxylic acids is 1. The lowest BCUT2D eigenvalue weighted by Crippen LogP contribution is -2.40. The lowest BCUT2D eigenvalue weighted by Gasteiger charge is -2.11. The van der Waals surface area contributed by atoms with Crippen molar-refractivity contribution < 1.29 is 18.3 Å². The highest BCUT2D eigenvalue weighted by Gasteiger charge is 2.31. The molecule has 1 aliphatic rings. The van der Waals surface area contributed by atoms with E-state index in [9.17, 15) is 13.2 Å². The van der Waals surface area contributed by atoms with Crippen molar-refractivity contribution in [3.05, 3.63) is 0 Å². The summed E-state index contributed by atoms with van der Waals surface area (Å²) in [7, 11) is -2.13. The second kappa shape index (κ2) is 4.24. The van der Waals surface area contributed by atoms with Gasteiger partial charge in [0.25, 0.3) is 10.2 Å². The summed E-state index contributed by atoms with van der Waals surface area (Å²) in [5.74, 6) is -1.27. The molecule has 2 atom stereocenters. The monoisotopic (exact) mass is 222 g/mol. The topological polar surface area (TPSA) is 95.5 Å². The highest BCUT2D eigenvalue weighted by molar-refractivity contribution is 7.87. The van der Waals surface area contributed by atoms with Gasteiger partial charge in [0.05, 0.1) is 5.92 Å². The summed E-state index contributed by atoms with van der Waals surface area (Å²) >= 11 is 0. The Balaban J connectivity index is 2.48. The van der Waals surface area contributed by atoms with Crippen LogP contribution in [0.15, 0.2) is 0 Å². The van der Waals surface area contributed by atoms with Crippen LogP contribution in [0.4, 0.5) is 0 Å². The molecule has 0 radical (unpaired) electrons. The number of hydrogen-bond acceptors (Lipinski definition) is 3. The Bertz CT molecular complexity index is 314. The summed E-state index contributed by atoms with van der Waals surface area (Å²) in [6, 6.07) is -0.256. The Kier molecular flexibility index (Phi) is 3.46. The van der Waals surface area contributed by atoms with Crippen LogP contribution >= 0.6 is 0 Å². The zero-order valence-electron chi connectivity index (χ0n) is 7.86. The molecule has 14 heavy (non-hydrogen) atoms. The van der Waals surface area contributed by atoms with Crippen LogP contribution in [-0.2, 0) is 15.0 Å². The highest BCUT2D eigenvalue weighted by atomic mass is 32.2. The summed E-state index contributed by atoms with van der Waals surface area (Å²) in [5, 5.41) is 8.69. The quantitative estimate of drug-likeness (QED) is 0.585. The third-order valence-electron chi connectivity index (χ3n) is 2.37. The van der Waals surface area contributed by atoms with E-state index in [0.717, 1.165) is 0 Å². The van der Waals surface area contributed by atoms with Gasteiger partial charge in [-0.2, -0.15) is 13.1 Å². The normalized spacial score (nSPS) is 27.8. The first kappa shape index (κ1) is 11.4. The van der Waals surface area contributed by atoms with Gasteiger partial charge in [-0.15, -0.1) is 0 Å². The smallest absolute Gasteiger partial charge is 0.306 e. The largest absolute Gasteiger partial charge is 0.481 e. The van der Waals surface area contributed by atoms with Crippen LogP contribution < -0.4 is 9.44 Å². The molecule has 0 bridgehead atoms. The van der Waals surface area contributed by atoms with E-state index in [1.807, 2.05) is 0 Å². The van der Waals surface area contributed by atoms with Gasteiger partial charge in [0.1, 0.15) is 0 Å². The molecular weight excluding hydrogens is 208 g/mol. The lowest BCUT2D eigenvalue weighted by molar-refractivity contribution is -0.141. The lowest BCUT2D eigenvalue weighted by atomic mass is 10.1. The molecular formula is C7H14N2O4S. The summed E-state index contributed by atoms with van der Waals surface area (Å²) in [6.07, 6.45) is 1.49. The van der Waals surface area contributed by atoms with Crippen molar-refractivity contribution in [1.29, 1.82) is 0 Å². The van der Waals surface area contributed by atoms with E-state index in [-0.39, 0.29) is 6.04 Å². The third-order valence-corrected chi connectivity index (χ3v) is 3.55. The Morgan fingerprint density at radius 1 is 1.43 bits per heavy atom. The molecule has 1 fully saturated rings. The molecule has 0 aromatic rings. The second-order valence-corrected chi connectivity index (χ2v) is 5.02. The number of carboxylic acids is 1. The number of carboxylic acid groups (broad SMARTS) is 1. The van der Waals surface area contributed by atoms with E-state index in [2.05, 4.69) is 9.44 Å². The van der Waals surface area contributed by atoms with Crippen molar-refractivity contribution in [3.8, 4) is 0 Å².